The molecule has 0 spiro atoms. The molecule has 1 atom stereocenters. The van der Waals surface area contributed by atoms with Gasteiger partial charge in [-0.2, -0.15) is 0 Å². The molecule has 0 radical (unpaired) electrons. The molecule has 0 aliphatic carbocycles. The number of oxime groups is 1. The second kappa shape index (κ2) is 5.90. The lowest BCUT2D eigenvalue weighted by Crippen LogP contribution is -2.36. The lowest BCUT2D eigenvalue weighted by Gasteiger charge is -2.14. The van der Waals surface area contributed by atoms with Gasteiger partial charge in [-0.1, -0.05) is 11.2 Å². The van der Waals surface area contributed by atoms with Crippen molar-refractivity contribution in [1.29, 1.82) is 0 Å². The number of rotatable bonds is 4. The number of hydrogen-bond acceptors (Lipinski definition) is 4. The van der Waals surface area contributed by atoms with Crippen LogP contribution in [0.1, 0.15) is 29.3 Å². The van der Waals surface area contributed by atoms with Gasteiger partial charge in [-0.15, -0.1) is 0 Å². The monoisotopic (exact) mass is 251 g/mol. The number of phenols is 1. The van der Waals surface area contributed by atoms with Crippen molar-refractivity contribution in [3.63, 3.8) is 0 Å². The third-order valence-electron chi connectivity index (χ3n) is 2.57. The van der Waals surface area contributed by atoms with Gasteiger partial charge in [0.25, 0.3) is 5.91 Å². The van der Waals surface area contributed by atoms with E-state index in [-0.39, 0.29) is 30.0 Å². The third kappa shape index (κ3) is 3.38. The van der Waals surface area contributed by atoms with Crippen LogP contribution in [-0.4, -0.2) is 28.1 Å². The van der Waals surface area contributed by atoms with E-state index in [1.807, 2.05) is 0 Å². The highest BCUT2D eigenvalue weighted by Crippen LogP contribution is 2.19. The molecule has 0 saturated carbocycles. The summed E-state index contributed by atoms with van der Waals surface area (Å²) in [7, 11) is 0. The van der Waals surface area contributed by atoms with Crippen LogP contribution in [0.2, 0.25) is 0 Å². The summed E-state index contributed by atoms with van der Waals surface area (Å²) in [6.45, 7) is 3.41. The van der Waals surface area contributed by atoms with Crippen molar-refractivity contribution in [2.24, 2.45) is 10.9 Å². The molecule has 98 valence electrons. The van der Waals surface area contributed by atoms with Crippen molar-refractivity contribution in [3.05, 3.63) is 29.3 Å². The highest BCUT2D eigenvalue weighted by molar-refractivity contribution is 5.96. The molecule has 6 nitrogen and oxygen atoms in total. The quantitative estimate of drug-likeness (QED) is 0.276. The second-order valence-electron chi connectivity index (χ2n) is 4.12. The van der Waals surface area contributed by atoms with E-state index in [0.29, 0.717) is 11.1 Å². The zero-order chi connectivity index (χ0) is 13.7. The normalized spacial score (nSPS) is 13.1. The number of amidine groups is 1. The van der Waals surface area contributed by atoms with E-state index >= 15 is 0 Å². The molecule has 6 heteroatoms. The maximum Gasteiger partial charge on any atom is 0.251 e. The molecule has 0 heterocycles. The first-order chi connectivity index (χ1) is 8.45. The number of nitrogens with two attached hydrogens (primary N) is 1. The molecule has 1 aromatic rings. The minimum absolute atomic E-state index is 0.0513. The maximum atomic E-state index is 11.9. The van der Waals surface area contributed by atoms with Gasteiger partial charge in [-0.3, -0.25) is 4.79 Å². The van der Waals surface area contributed by atoms with E-state index in [0.717, 1.165) is 0 Å². The lowest BCUT2D eigenvalue weighted by atomic mass is 10.1. The van der Waals surface area contributed by atoms with E-state index in [1.54, 1.807) is 26.0 Å². The Bertz CT molecular complexity index is 472. The summed E-state index contributed by atoms with van der Waals surface area (Å²) in [5.74, 6) is -0.177. The van der Waals surface area contributed by atoms with Crippen molar-refractivity contribution in [1.82, 2.24) is 5.32 Å². The van der Waals surface area contributed by atoms with Gasteiger partial charge in [0.15, 0.2) is 0 Å². The Labute approximate surface area is 105 Å². The number of amides is 1. The van der Waals surface area contributed by atoms with Crippen LogP contribution in [-0.2, 0) is 0 Å². The molecule has 1 aromatic carbocycles. The Morgan fingerprint density at radius 1 is 1.56 bits per heavy atom. The Morgan fingerprint density at radius 3 is 2.83 bits per heavy atom. The molecule has 1 amide bonds. The van der Waals surface area contributed by atoms with E-state index in [1.165, 1.54) is 6.07 Å². The summed E-state index contributed by atoms with van der Waals surface area (Å²) >= 11 is 0. The molecule has 5 N–H and O–H groups in total. The van der Waals surface area contributed by atoms with Gasteiger partial charge in [0.05, 0.1) is 0 Å². The summed E-state index contributed by atoms with van der Waals surface area (Å²) in [5, 5.41) is 23.5. The zero-order valence-corrected chi connectivity index (χ0v) is 10.3. The molecule has 0 aromatic heterocycles. The molecule has 0 aliphatic heterocycles. The predicted molar refractivity (Wildman–Crippen MR) is 67.8 cm³/mol. The average molecular weight is 251 g/mol. The summed E-state index contributed by atoms with van der Waals surface area (Å²) < 4.78 is 0. The first-order valence-electron chi connectivity index (χ1n) is 5.51. The first kappa shape index (κ1) is 13.8. The third-order valence-corrected chi connectivity index (χ3v) is 2.57. The number of nitrogens with one attached hydrogen (secondary N) is 1. The average Bonchev–Trinajstić information content (AvgIpc) is 2.32. The fourth-order valence-corrected chi connectivity index (χ4v) is 1.58. The standard InChI is InChI=1S/C12H17N3O3/c1-7(6-11(13)15-18)14-12(17)9-4-3-5-10(16)8(9)2/h3-5,7,16,18H,6H2,1-2H3,(H2,13,15)(H,14,17). The summed E-state index contributed by atoms with van der Waals surface area (Å²) in [6.07, 6.45) is 0.250. The molecular formula is C12H17N3O3. The van der Waals surface area contributed by atoms with E-state index in [2.05, 4.69) is 10.5 Å². The number of aromatic hydroxyl groups is 1. The number of nitrogens with zero attached hydrogens (tertiary/aromatic N) is 1. The predicted octanol–water partition coefficient (Wildman–Crippen LogP) is 0.955. The second-order valence-corrected chi connectivity index (χ2v) is 4.12. The van der Waals surface area contributed by atoms with Gasteiger partial charge in [-0.05, 0) is 26.0 Å². The number of hydrogen-bond donors (Lipinski definition) is 4. The smallest absolute Gasteiger partial charge is 0.251 e. The number of carbonyl (C=O) groups excluding carboxylic acids is 1. The molecule has 1 unspecified atom stereocenters. The van der Waals surface area contributed by atoms with Crippen molar-refractivity contribution < 1.29 is 15.1 Å². The van der Waals surface area contributed by atoms with Crippen molar-refractivity contribution in [2.45, 2.75) is 26.3 Å². The van der Waals surface area contributed by atoms with Crippen LogP contribution < -0.4 is 11.1 Å². The Balaban J connectivity index is 2.74. The number of phenolic OH excluding ortho intramolecular Hbond substituents is 1. The fraction of sp³-hybridized carbons (Fsp3) is 0.333. The molecule has 18 heavy (non-hydrogen) atoms. The summed E-state index contributed by atoms with van der Waals surface area (Å²) in [5.41, 5.74) is 6.27. The van der Waals surface area contributed by atoms with Crippen LogP contribution in [0.4, 0.5) is 0 Å². The van der Waals surface area contributed by atoms with Crippen molar-refractivity contribution in [3.8, 4) is 5.75 Å². The van der Waals surface area contributed by atoms with Crippen LogP contribution in [0.25, 0.3) is 0 Å². The van der Waals surface area contributed by atoms with E-state index < -0.39 is 0 Å². The molecule has 0 bridgehead atoms. The molecule has 0 saturated heterocycles. The Morgan fingerprint density at radius 2 is 2.22 bits per heavy atom. The van der Waals surface area contributed by atoms with Crippen LogP contribution in [0.15, 0.2) is 23.4 Å². The maximum absolute atomic E-state index is 11.9. The zero-order valence-electron chi connectivity index (χ0n) is 10.3. The minimum Gasteiger partial charge on any atom is -0.508 e. The Hall–Kier alpha value is -2.24. The summed E-state index contributed by atoms with van der Waals surface area (Å²) in [6, 6.07) is 4.48. The van der Waals surface area contributed by atoms with E-state index in [4.69, 9.17) is 10.9 Å². The minimum atomic E-state index is -0.304. The van der Waals surface area contributed by atoms with Crippen LogP contribution in [0, 0.1) is 6.92 Å². The highest BCUT2D eigenvalue weighted by Gasteiger charge is 2.14. The van der Waals surface area contributed by atoms with Gasteiger partial charge in [0.2, 0.25) is 0 Å². The van der Waals surface area contributed by atoms with Crippen molar-refractivity contribution in [2.75, 3.05) is 0 Å². The lowest BCUT2D eigenvalue weighted by molar-refractivity contribution is 0.0940. The van der Waals surface area contributed by atoms with Gasteiger partial charge in [0.1, 0.15) is 11.6 Å². The van der Waals surface area contributed by atoms with Gasteiger partial charge >= 0.3 is 0 Å². The van der Waals surface area contributed by atoms with Crippen LogP contribution in [0.3, 0.4) is 0 Å². The van der Waals surface area contributed by atoms with Gasteiger partial charge < -0.3 is 21.4 Å². The molecule has 0 fully saturated rings. The largest absolute Gasteiger partial charge is 0.508 e. The Kier molecular flexibility index (Phi) is 4.53. The summed E-state index contributed by atoms with van der Waals surface area (Å²) in [4.78, 5) is 11.9. The number of carbonyl (C=O) groups is 1. The van der Waals surface area contributed by atoms with Crippen LogP contribution >= 0.6 is 0 Å². The number of benzene rings is 1. The molecule has 0 aliphatic rings. The van der Waals surface area contributed by atoms with Crippen LogP contribution in [0.5, 0.6) is 5.75 Å². The first-order valence-corrected chi connectivity index (χ1v) is 5.51. The highest BCUT2D eigenvalue weighted by atomic mass is 16.4. The SMILES string of the molecule is Cc1c(O)cccc1C(=O)NC(C)C/C(N)=N/O. The van der Waals surface area contributed by atoms with E-state index in [9.17, 15) is 9.90 Å². The molecular weight excluding hydrogens is 234 g/mol. The van der Waals surface area contributed by atoms with Gasteiger partial charge in [-0.25, -0.2) is 0 Å². The fourth-order valence-electron chi connectivity index (χ4n) is 1.58. The van der Waals surface area contributed by atoms with Gasteiger partial charge in [0, 0.05) is 23.6 Å². The molecule has 1 rings (SSSR count). The van der Waals surface area contributed by atoms with Crippen molar-refractivity contribution >= 4 is 11.7 Å². The topological polar surface area (TPSA) is 108 Å².